The first-order valence-electron chi connectivity index (χ1n) is 4.33. The minimum absolute atomic E-state index is 0.551. The first kappa shape index (κ1) is 10.3. The number of hydrogen-bond donors (Lipinski definition) is 1. The second kappa shape index (κ2) is 3.93. The molecule has 1 rings (SSSR count). The van der Waals surface area contributed by atoms with Crippen molar-refractivity contribution in [2.24, 2.45) is 0 Å². The smallest absolute Gasteiger partial charge is 0.208 e. The van der Waals surface area contributed by atoms with E-state index < -0.39 is 5.54 Å². The van der Waals surface area contributed by atoms with Gasteiger partial charge in [-0.3, -0.25) is 4.79 Å². The van der Waals surface area contributed by atoms with E-state index in [1.807, 2.05) is 31.2 Å². The molecular weight excluding hydrogens is 176 g/mol. The summed E-state index contributed by atoms with van der Waals surface area (Å²) in [4.78, 5) is 10.4. The van der Waals surface area contributed by atoms with E-state index in [-0.39, 0.29) is 0 Å². The van der Waals surface area contributed by atoms with Crippen molar-refractivity contribution in [1.29, 1.82) is 5.26 Å². The second-order valence-electron chi connectivity index (χ2n) is 3.31. The van der Waals surface area contributed by atoms with Crippen molar-refractivity contribution < 1.29 is 4.79 Å². The van der Waals surface area contributed by atoms with Gasteiger partial charge in [0.15, 0.2) is 0 Å². The van der Waals surface area contributed by atoms with Crippen molar-refractivity contribution in [2.75, 3.05) is 0 Å². The Morgan fingerprint density at radius 3 is 2.64 bits per heavy atom. The van der Waals surface area contributed by atoms with Crippen LogP contribution in [0.2, 0.25) is 0 Å². The highest BCUT2D eigenvalue weighted by molar-refractivity contribution is 5.52. The highest BCUT2D eigenvalue weighted by atomic mass is 16.1. The van der Waals surface area contributed by atoms with E-state index in [1.54, 1.807) is 6.92 Å². The number of benzene rings is 1. The second-order valence-corrected chi connectivity index (χ2v) is 3.31. The van der Waals surface area contributed by atoms with Gasteiger partial charge in [-0.05, 0) is 25.0 Å². The average molecular weight is 188 g/mol. The van der Waals surface area contributed by atoms with Gasteiger partial charge in [-0.15, -0.1) is 0 Å². The molecule has 1 N–H and O–H groups in total. The molecule has 14 heavy (non-hydrogen) atoms. The number of amides is 1. The van der Waals surface area contributed by atoms with Crippen molar-refractivity contribution >= 4 is 6.41 Å². The van der Waals surface area contributed by atoms with Gasteiger partial charge < -0.3 is 5.32 Å². The summed E-state index contributed by atoms with van der Waals surface area (Å²) in [5, 5.41) is 11.5. The number of rotatable bonds is 3. The summed E-state index contributed by atoms with van der Waals surface area (Å²) in [6, 6.07) is 9.60. The summed E-state index contributed by atoms with van der Waals surface area (Å²) in [5.74, 6) is 0. The van der Waals surface area contributed by atoms with Crippen LogP contribution in [-0.2, 0) is 10.3 Å². The Morgan fingerprint density at radius 1 is 1.50 bits per heavy atom. The van der Waals surface area contributed by atoms with Gasteiger partial charge >= 0.3 is 0 Å². The third-order valence-electron chi connectivity index (χ3n) is 2.25. The monoisotopic (exact) mass is 188 g/mol. The Hall–Kier alpha value is -1.82. The normalized spacial score (nSPS) is 13.8. The van der Waals surface area contributed by atoms with E-state index in [1.165, 1.54) is 0 Å². The molecule has 0 aliphatic heterocycles. The van der Waals surface area contributed by atoms with E-state index in [0.717, 1.165) is 11.1 Å². The van der Waals surface area contributed by atoms with Crippen LogP contribution in [-0.4, -0.2) is 6.41 Å². The maximum absolute atomic E-state index is 10.4. The van der Waals surface area contributed by atoms with Crippen molar-refractivity contribution in [3.63, 3.8) is 0 Å². The van der Waals surface area contributed by atoms with E-state index in [9.17, 15) is 4.79 Å². The minimum Gasteiger partial charge on any atom is -0.337 e. The molecule has 1 unspecified atom stereocenters. The fraction of sp³-hybridized carbons (Fsp3) is 0.273. The number of hydrogen-bond acceptors (Lipinski definition) is 2. The number of aryl methyl sites for hydroxylation is 1. The van der Waals surface area contributed by atoms with Crippen LogP contribution in [0.1, 0.15) is 18.1 Å². The zero-order valence-corrected chi connectivity index (χ0v) is 8.24. The standard InChI is InChI=1S/C11H12N2O/c1-9-5-3-4-6-10(9)11(2,7-12)13-8-14/h3-6,8H,1-2H3,(H,13,14). The van der Waals surface area contributed by atoms with Gasteiger partial charge in [0.05, 0.1) is 6.07 Å². The minimum atomic E-state index is -0.937. The number of nitriles is 1. The predicted molar refractivity (Wildman–Crippen MR) is 53.3 cm³/mol. The molecule has 0 fully saturated rings. The van der Waals surface area contributed by atoms with Gasteiger partial charge in [0.1, 0.15) is 5.54 Å². The number of carbonyl (C=O) groups excluding carboxylic acids is 1. The lowest BCUT2D eigenvalue weighted by Gasteiger charge is -2.22. The number of carbonyl (C=O) groups is 1. The van der Waals surface area contributed by atoms with E-state index >= 15 is 0 Å². The largest absolute Gasteiger partial charge is 0.337 e. The van der Waals surface area contributed by atoms with Crippen molar-refractivity contribution in [3.05, 3.63) is 35.4 Å². The molecule has 1 amide bonds. The molecule has 0 spiro atoms. The highest BCUT2D eigenvalue weighted by Gasteiger charge is 2.26. The lowest BCUT2D eigenvalue weighted by Crippen LogP contribution is -2.37. The molecule has 1 atom stereocenters. The van der Waals surface area contributed by atoms with Crippen LogP contribution < -0.4 is 5.32 Å². The molecule has 72 valence electrons. The summed E-state index contributed by atoms with van der Waals surface area (Å²) < 4.78 is 0. The topological polar surface area (TPSA) is 52.9 Å². The molecule has 1 aromatic rings. The van der Waals surface area contributed by atoms with E-state index in [4.69, 9.17) is 5.26 Å². The SMILES string of the molecule is Cc1ccccc1C(C)(C#N)NC=O. The first-order chi connectivity index (χ1) is 6.64. The fourth-order valence-corrected chi connectivity index (χ4v) is 1.42. The Morgan fingerprint density at radius 2 is 2.14 bits per heavy atom. The van der Waals surface area contributed by atoms with Crippen LogP contribution in [0.15, 0.2) is 24.3 Å². The maximum atomic E-state index is 10.4. The Balaban J connectivity index is 3.20. The molecule has 0 aromatic heterocycles. The fourth-order valence-electron chi connectivity index (χ4n) is 1.42. The molecule has 1 aromatic carbocycles. The van der Waals surface area contributed by atoms with Crippen molar-refractivity contribution in [3.8, 4) is 6.07 Å². The lowest BCUT2D eigenvalue weighted by atomic mass is 9.90. The summed E-state index contributed by atoms with van der Waals surface area (Å²) in [7, 11) is 0. The van der Waals surface area contributed by atoms with Gasteiger partial charge in [0.25, 0.3) is 0 Å². The summed E-state index contributed by atoms with van der Waals surface area (Å²) >= 11 is 0. The van der Waals surface area contributed by atoms with Gasteiger partial charge in [0, 0.05) is 0 Å². The predicted octanol–water partition coefficient (Wildman–Crippen LogP) is 1.48. The molecule has 0 saturated heterocycles. The average Bonchev–Trinajstić information content (AvgIpc) is 2.18. The Bertz CT molecular complexity index is 381. The summed E-state index contributed by atoms with van der Waals surface area (Å²) in [6.45, 7) is 3.60. The van der Waals surface area contributed by atoms with Crippen LogP contribution in [0.5, 0.6) is 0 Å². The van der Waals surface area contributed by atoms with Crippen molar-refractivity contribution in [1.82, 2.24) is 5.32 Å². The molecule has 0 heterocycles. The molecular formula is C11H12N2O. The van der Waals surface area contributed by atoms with E-state index in [2.05, 4.69) is 11.4 Å². The van der Waals surface area contributed by atoms with Gasteiger partial charge in [-0.2, -0.15) is 5.26 Å². The van der Waals surface area contributed by atoms with Crippen LogP contribution in [0.3, 0.4) is 0 Å². The first-order valence-corrected chi connectivity index (χ1v) is 4.33. The number of nitrogens with zero attached hydrogens (tertiary/aromatic N) is 1. The molecule has 0 radical (unpaired) electrons. The highest BCUT2D eigenvalue weighted by Crippen LogP contribution is 2.22. The Kier molecular flexibility index (Phi) is 2.88. The molecule has 3 nitrogen and oxygen atoms in total. The molecule has 3 heteroatoms. The molecule has 0 aliphatic carbocycles. The van der Waals surface area contributed by atoms with Crippen LogP contribution in [0.25, 0.3) is 0 Å². The van der Waals surface area contributed by atoms with Gasteiger partial charge in [0.2, 0.25) is 6.41 Å². The van der Waals surface area contributed by atoms with Crippen molar-refractivity contribution in [2.45, 2.75) is 19.4 Å². The zero-order chi connectivity index (χ0) is 10.6. The molecule has 0 bridgehead atoms. The van der Waals surface area contributed by atoms with Gasteiger partial charge in [-0.1, -0.05) is 24.3 Å². The zero-order valence-electron chi connectivity index (χ0n) is 8.24. The summed E-state index contributed by atoms with van der Waals surface area (Å²) in [6.07, 6.45) is 0.551. The van der Waals surface area contributed by atoms with E-state index in [0.29, 0.717) is 6.41 Å². The third-order valence-corrected chi connectivity index (χ3v) is 2.25. The third kappa shape index (κ3) is 1.74. The maximum Gasteiger partial charge on any atom is 0.208 e. The van der Waals surface area contributed by atoms with Crippen LogP contribution in [0.4, 0.5) is 0 Å². The molecule has 0 saturated carbocycles. The lowest BCUT2D eigenvalue weighted by molar-refractivity contribution is -0.110. The Labute approximate surface area is 83.4 Å². The van der Waals surface area contributed by atoms with Crippen LogP contribution in [0, 0.1) is 18.3 Å². The van der Waals surface area contributed by atoms with Gasteiger partial charge in [-0.25, -0.2) is 0 Å². The summed E-state index contributed by atoms with van der Waals surface area (Å²) in [5.41, 5.74) is 0.883. The molecule has 0 aliphatic rings. The number of nitrogens with one attached hydrogen (secondary N) is 1. The quantitative estimate of drug-likeness (QED) is 0.730. The van der Waals surface area contributed by atoms with Crippen LogP contribution >= 0.6 is 0 Å².